The van der Waals surface area contributed by atoms with Crippen molar-refractivity contribution in [3.63, 3.8) is 0 Å². The third-order valence-electron chi connectivity index (χ3n) is 3.12. The van der Waals surface area contributed by atoms with Crippen molar-refractivity contribution in [2.75, 3.05) is 6.61 Å². The number of carboxylic acids is 1. The molecule has 0 bridgehead atoms. The van der Waals surface area contributed by atoms with Crippen LogP contribution >= 0.6 is 0 Å². The lowest BCUT2D eigenvalue weighted by atomic mass is 9.92. The molecule has 2 heterocycles. The SMILES string of the molecule is CC(C)n1nccc1[C@@H]1OCCC[C@H]1C(=O)O. The van der Waals surface area contributed by atoms with Gasteiger partial charge in [-0.3, -0.25) is 9.48 Å². The second-order valence-corrected chi connectivity index (χ2v) is 4.67. The summed E-state index contributed by atoms with van der Waals surface area (Å²) in [7, 11) is 0. The molecule has 1 fully saturated rings. The topological polar surface area (TPSA) is 64.4 Å². The van der Waals surface area contributed by atoms with Gasteiger partial charge in [0.15, 0.2) is 0 Å². The van der Waals surface area contributed by atoms with E-state index in [1.165, 1.54) is 0 Å². The average Bonchev–Trinajstić information content (AvgIpc) is 2.77. The summed E-state index contributed by atoms with van der Waals surface area (Å²) in [5.41, 5.74) is 0.868. The van der Waals surface area contributed by atoms with E-state index in [-0.39, 0.29) is 12.1 Å². The Morgan fingerprint density at radius 1 is 1.65 bits per heavy atom. The number of carbonyl (C=O) groups is 1. The zero-order valence-corrected chi connectivity index (χ0v) is 10.2. The predicted molar refractivity (Wildman–Crippen MR) is 61.7 cm³/mol. The highest BCUT2D eigenvalue weighted by atomic mass is 16.5. The molecule has 2 atom stereocenters. The highest BCUT2D eigenvalue weighted by Gasteiger charge is 2.35. The Balaban J connectivity index is 2.29. The van der Waals surface area contributed by atoms with Crippen LogP contribution in [0.15, 0.2) is 12.3 Å². The molecule has 2 rings (SSSR count). The van der Waals surface area contributed by atoms with Crippen LogP contribution in [0.4, 0.5) is 0 Å². The van der Waals surface area contributed by atoms with Gasteiger partial charge in [-0.05, 0) is 32.8 Å². The minimum absolute atomic E-state index is 0.208. The van der Waals surface area contributed by atoms with Crippen LogP contribution < -0.4 is 0 Å². The molecule has 0 spiro atoms. The number of carboxylic acid groups (broad SMARTS) is 1. The molecule has 5 heteroatoms. The maximum atomic E-state index is 11.2. The molecule has 17 heavy (non-hydrogen) atoms. The average molecular weight is 238 g/mol. The molecule has 5 nitrogen and oxygen atoms in total. The summed E-state index contributed by atoms with van der Waals surface area (Å²) in [4.78, 5) is 11.2. The first-order chi connectivity index (χ1) is 8.11. The number of hydrogen-bond donors (Lipinski definition) is 1. The molecule has 1 saturated heterocycles. The van der Waals surface area contributed by atoms with Gasteiger partial charge in [0.1, 0.15) is 6.10 Å². The molecule has 0 aromatic carbocycles. The Labute approximate surface area is 100 Å². The summed E-state index contributed by atoms with van der Waals surface area (Å²) in [6, 6.07) is 2.06. The summed E-state index contributed by atoms with van der Waals surface area (Å²) in [6.45, 7) is 4.67. The molecular formula is C12H18N2O3. The van der Waals surface area contributed by atoms with Crippen molar-refractivity contribution in [1.82, 2.24) is 9.78 Å². The van der Waals surface area contributed by atoms with Crippen molar-refractivity contribution in [3.8, 4) is 0 Å². The largest absolute Gasteiger partial charge is 0.481 e. The lowest BCUT2D eigenvalue weighted by Crippen LogP contribution is -2.30. The maximum Gasteiger partial charge on any atom is 0.309 e. The number of ether oxygens (including phenoxy) is 1. The van der Waals surface area contributed by atoms with E-state index in [9.17, 15) is 9.90 Å². The van der Waals surface area contributed by atoms with E-state index >= 15 is 0 Å². The van der Waals surface area contributed by atoms with Crippen molar-refractivity contribution in [2.24, 2.45) is 5.92 Å². The summed E-state index contributed by atoms with van der Waals surface area (Å²) in [5.74, 6) is -1.25. The number of hydrogen-bond acceptors (Lipinski definition) is 3. The third-order valence-corrected chi connectivity index (χ3v) is 3.12. The van der Waals surface area contributed by atoms with Gasteiger partial charge in [0, 0.05) is 18.8 Å². The van der Waals surface area contributed by atoms with Crippen molar-refractivity contribution < 1.29 is 14.6 Å². The van der Waals surface area contributed by atoms with Gasteiger partial charge in [-0.25, -0.2) is 0 Å². The predicted octanol–water partition coefficient (Wildman–Crippen LogP) is 2.02. The zero-order valence-electron chi connectivity index (χ0n) is 10.2. The number of aliphatic carboxylic acids is 1. The van der Waals surface area contributed by atoms with Crippen molar-refractivity contribution in [3.05, 3.63) is 18.0 Å². The number of aromatic nitrogens is 2. The molecule has 94 valence electrons. The van der Waals surface area contributed by atoms with E-state index in [0.717, 1.165) is 12.1 Å². The Bertz CT molecular complexity index is 400. The smallest absolute Gasteiger partial charge is 0.309 e. The molecule has 0 saturated carbocycles. The van der Waals surface area contributed by atoms with E-state index in [1.807, 2.05) is 24.6 Å². The molecule has 0 unspecified atom stereocenters. The Morgan fingerprint density at radius 3 is 3.06 bits per heavy atom. The summed E-state index contributed by atoms with van der Waals surface area (Å²) < 4.78 is 7.48. The molecule has 1 aliphatic rings. The molecule has 1 aliphatic heterocycles. The highest BCUT2D eigenvalue weighted by molar-refractivity contribution is 5.71. The van der Waals surface area contributed by atoms with E-state index in [1.54, 1.807) is 6.20 Å². The maximum absolute atomic E-state index is 11.2. The minimum atomic E-state index is -0.786. The van der Waals surface area contributed by atoms with Gasteiger partial charge in [0.25, 0.3) is 0 Å². The monoisotopic (exact) mass is 238 g/mol. The fourth-order valence-electron chi connectivity index (χ4n) is 2.31. The zero-order chi connectivity index (χ0) is 12.4. The molecule has 0 amide bonds. The van der Waals surface area contributed by atoms with Gasteiger partial charge in [-0.15, -0.1) is 0 Å². The molecule has 1 aromatic rings. The third kappa shape index (κ3) is 2.34. The Morgan fingerprint density at radius 2 is 2.41 bits per heavy atom. The van der Waals surface area contributed by atoms with Gasteiger partial charge < -0.3 is 9.84 Å². The molecule has 0 radical (unpaired) electrons. The van der Waals surface area contributed by atoms with Crippen LogP contribution in [0.3, 0.4) is 0 Å². The van der Waals surface area contributed by atoms with E-state index in [4.69, 9.17) is 4.74 Å². The van der Waals surface area contributed by atoms with Crippen LogP contribution in [0.5, 0.6) is 0 Å². The molecule has 1 N–H and O–H groups in total. The van der Waals surface area contributed by atoms with Crippen molar-refractivity contribution in [2.45, 2.75) is 38.8 Å². The minimum Gasteiger partial charge on any atom is -0.481 e. The molecule has 0 aliphatic carbocycles. The van der Waals surface area contributed by atoms with E-state index in [0.29, 0.717) is 13.0 Å². The van der Waals surface area contributed by atoms with Crippen LogP contribution in [0.25, 0.3) is 0 Å². The second-order valence-electron chi connectivity index (χ2n) is 4.67. The Hall–Kier alpha value is -1.36. The number of rotatable bonds is 3. The first-order valence-corrected chi connectivity index (χ1v) is 5.99. The normalized spacial score (nSPS) is 25.1. The Kier molecular flexibility index (Phi) is 3.47. The quantitative estimate of drug-likeness (QED) is 0.875. The van der Waals surface area contributed by atoms with Crippen molar-refractivity contribution in [1.29, 1.82) is 0 Å². The molecule has 1 aromatic heterocycles. The van der Waals surface area contributed by atoms with Crippen LogP contribution in [0.1, 0.15) is 44.5 Å². The van der Waals surface area contributed by atoms with Crippen LogP contribution in [0.2, 0.25) is 0 Å². The first kappa shape index (κ1) is 12.1. The van der Waals surface area contributed by atoms with Crippen LogP contribution in [-0.4, -0.2) is 27.5 Å². The van der Waals surface area contributed by atoms with Gasteiger partial charge in [-0.2, -0.15) is 5.10 Å². The fourth-order valence-corrected chi connectivity index (χ4v) is 2.31. The molecular weight excluding hydrogens is 220 g/mol. The number of nitrogens with zero attached hydrogens (tertiary/aromatic N) is 2. The summed E-state index contributed by atoms with van der Waals surface area (Å²) in [6.07, 6.45) is 2.81. The fraction of sp³-hybridized carbons (Fsp3) is 0.667. The second kappa shape index (κ2) is 4.87. The van der Waals surface area contributed by atoms with Gasteiger partial charge in [0.2, 0.25) is 0 Å². The van der Waals surface area contributed by atoms with Crippen molar-refractivity contribution >= 4 is 5.97 Å². The first-order valence-electron chi connectivity index (χ1n) is 5.99. The summed E-state index contributed by atoms with van der Waals surface area (Å²) >= 11 is 0. The van der Waals surface area contributed by atoms with Gasteiger partial charge in [0.05, 0.1) is 11.6 Å². The lowest BCUT2D eigenvalue weighted by molar-refractivity contribution is -0.152. The van der Waals surface area contributed by atoms with E-state index < -0.39 is 11.9 Å². The van der Waals surface area contributed by atoms with Crippen LogP contribution in [0, 0.1) is 5.92 Å². The van der Waals surface area contributed by atoms with Gasteiger partial charge in [-0.1, -0.05) is 0 Å². The standard InChI is InChI=1S/C12H18N2O3/c1-8(2)14-10(5-6-13-14)11-9(12(15)16)4-3-7-17-11/h5-6,8-9,11H,3-4,7H2,1-2H3,(H,15,16)/t9-,11-/m1/s1. The van der Waals surface area contributed by atoms with Crippen LogP contribution in [-0.2, 0) is 9.53 Å². The lowest BCUT2D eigenvalue weighted by Gasteiger charge is -2.29. The highest BCUT2D eigenvalue weighted by Crippen LogP contribution is 2.34. The van der Waals surface area contributed by atoms with Gasteiger partial charge >= 0.3 is 5.97 Å². The summed E-state index contributed by atoms with van der Waals surface area (Å²) in [5, 5.41) is 13.5. The van der Waals surface area contributed by atoms with E-state index in [2.05, 4.69) is 5.10 Å².